The van der Waals surface area contributed by atoms with E-state index >= 15 is 0 Å². The smallest absolute Gasteiger partial charge is 0.243 e. The van der Waals surface area contributed by atoms with Gasteiger partial charge in [-0.25, -0.2) is 4.39 Å². The Balaban J connectivity index is 1.90. The topological polar surface area (TPSA) is 49.4 Å². The lowest BCUT2D eigenvalue weighted by Gasteiger charge is -2.32. The third-order valence-corrected chi connectivity index (χ3v) is 6.84. The molecule has 0 radical (unpaired) electrons. The summed E-state index contributed by atoms with van der Waals surface area (Å²) in [5.74, 6) is -0.333. The van der Waals surface area contributed by atoms with Crippen LogP contribution in [0, 0.1) is 5.82 Å². The Morgan fingerprint density at radius 3 is 2.14 bits per heavy atom. The van der Waals surface area contributed by atoms with Crippen LogP contribution in [0.2, 0.25) is 0 Å². The molecule has 2 unspecified atom stereocenters. The van der Waals surface area contributed by atoms with Gasteiger partial charge in [-0.3, -0.25) is 9.59 Å². The number of aryl methyl sites for hydroxylation is 1. The van der Waals surface area contributed by atoms with Crippen molar-refractivity contribution >= 4 is 11.8 Å². The van der Waals surface area contributed by atoms with Crippen LogP contribution in [0.4, 0.5) is 4.39 Å². The van der Waals surface area contributed by atoms with E-state index in [0.29, 0.717) is 24.3 Å². The average molecular weight is 503 g/mol. The first-order valence-electron chi connectivity index (χ1n) is 13.2. The summed E-state index contributed by atoms with van der Waals surface area (Å²) in [7, 11) is 0. The van der Waals surface area contributed by atoms with Crippen LogP contribution in [0.5, 0.6) is 0 Å². The lowest BCUT2D eigenvalue weighted by atomic mass is 9.99. The summed E-state index contributed by atoms with van der Waals surface area (Å²) in [4.78, 5) is 28.8. The van der Waals surface area contributed by atoms with Crippen LogP contribution < -0.4 is 5.32 Å². The number of nitrogens with zero attached hydrogens (tertiary/aromatic N) is 1. The molecule has 0 spiro atoms. The van der Waals surface area contributed by atoms with E-state index in [1.807, 2.05) is 44.2 Å². The predicted octanol–water partition coefficient (Wildman–Crippen LogP) is 6.44. The van der Waals surface area contributed by atoms with Crippen LogP contribution in [-0.2, 0) is 29.0 Å². The Labute approximate surface area is 220 Å². The molecule has 3 aromatic rings. The number of halogens is 1. The van der Waals surface area contributed by atoms with Gasteiger partial charge in [0.25, 0.3) is 0 Å². The molecule has 2 atom stereocenters. The van der Waals surface area contributed by atoms with Crippen molar-refractivity contribution in [3.05, 3.63) is 107 Å². The van der Waals surface area contributed by atoms with Crippen LogP contribution in [0.1, 0.15) is 68.7 Å². The predicted molar refractivity (Wildman–Crippen MR) is 148 cm³/mol. The molecule has 0 aliphatic heterocycles. The fraction of sp³-hybridized carbons (Fsp3) is 0.375. The van der Waals surface area contributed by atoms with E-state index in [1.165, 1.54) is 11.6 Å². The molecule has 37 heavy (non-hydrogen) atoms. The Hall–Kier alpha value is -3.47. The van der Waals surface area contributed by atoms with Crippen molar-refractivity contribution < 1.29 is 14.0 Å². The second-order valence-electron chi connectivity index (χ2n) is 10.0. The fourth-order valence-corrected chi connectivity index (χ4v) is 4.27. The summed E-state index contributed by atoms with van der Waals surface area (Å²) in [5.41, 5.74) is 3.65. The summed E-state index contributed by atoms with van der Waals surface area (Å²) in [6.07, 6.45) is 1.91. The Morgan fingerprint density at radius 2 is 1.51 bits per heavy atom. The minimum absolute atomic E-state index is 0.0310. The molecule has 0 aliphatic rings. The van der Waals surface area contributed by atoms with E-state index in [1.54, 1.807) is 23.1 Å². The summed E-state index contributed by atoms with van der Waals surface area (Å²) in [6.45, 7) is 8.28. The number of benzene rings is 3. The van der Waals surface area contributed by atoms with Crippen LogP contribution in [0.3, 0.4) is 0 Å². The molecule has 196 valence electrons. The summed E-state index contributed by atoms with van der Waals surface area (Å²) in [5, 5.41) is 3.05. The average Bonchev–Trinajstić information content (AvgIpc) is 2.90. The maximum absolute atomic E-state index is 14.7. The number of nitrogens with one attached hydrogen (secondary N) is 1. The molecule has 0 aliphatic carbocycles. The standard InChI is InChI=1S/C32H39FN2O2/c1-5-24(4)34-32(37)30(21-26-11-7-6-8-12-26)35(22-28-13-9-10-14-29(28)33)31(36)20-17-25-15-18-27(19-16-25)23(2)3/h6-16,18-19,23-24,30H,5,17,20-22H2,1-4H3,(H,34,37). The van der Waals surface area contributed by atoms with E-state index < -0.39 is 6.04 Å². The lowest BCUT2D eigenvalue weighted by Crippen LogP contribution is -2.52. The van der Waals surface area contributed by atoms with Gasteiger partial charge in [0.1, 0.15) is 11.9 Å². The summed E-state index contributed by atoms with van der Waals surface area (Å²) >= 11 is 0. The van der Waals surface area contributed by atoms with Crippen molar-refractivity contribution in [1.29, 1.82) is 0 Å². The molecule has 1 N–H and O–H groups in total. The molecule has 0 aromatic heterocycles. The van der Waals surface area contributed by atoms with Crippen molar-refractivity contribution in [2.75, 3.05) is 0 Å². The quantitative estimate of drug-likeness (QED) is 0.310. The molecular formula is C32H39FN2O2. The third-order valence-electron chi connectivity index (χ3n) is 6.84. The van der Waals surface area contributed by atoms with Crippen molar-refractivity contribution in [3.63, 3.8) is 0 Å². The molecule has 0 saturated carbocycles. The largest absolute Gasteiger partial charge is 0.352 e. The summed E-state index contributed by atoms with van der Waals surface area (Å²) in [6, 6.07) is 23.6. The van der Waals surface area contributed by atoms with Crippen molar-refractivity contribution in [2.45, 2.75) is 77.9 Å². The Morgan fingerprint density at radius 1 is 0.865 bits per heavy atom. The van der Waals surface area contributed by atoms with Crippen molar-refractivity contribution in [1.82, 2.24) is 10.2 Å². The van der Waals surface area contributed by atoms with Gasteiger partial charge < -0.3 is 10.2 Å². The van der Waals surface area contributed by atoms with E-state index in [0.717, 1.165) is 17.5 Å². The number of amides is 2. The highest BCUT2D eigenvalue weighted by Crippen LogP contribution is 2.20. The fourth-order valence-electron chi connectivity index (χ4n) is 4.27. The van der Waals surface area contributed by atoms with Crippen LogP contribution in [0.25, 0.3) is 0 Å². The van der Waals surface area contributed by atoms with Crippen LogP contribution in [-0.4, -0.2) is 28.8 Å². The lowest BCUT2D eigenvalue weighted by molar-refractivity contribution is -0.141. The first-order chi connectivity index (χ1) is 17.8. The highest BCUT2D eigenvalue weighted by atomic mass is 19.1. The molecule has 0 fully saturated rings. The van der Waals surface area contributed by atoms with Gasteiger partial charge in [0.05, 0.1) is 0 Å². The zero-order chi connectivity index (χ0) is 26.8. The monoisotopic (exact) mass is 502 g/mol. The van der Waals surface area contributed by atoms with Gasteiger partial charge in [-0.05, 0) is 48.4 Å². The zero-order valence-corrected chi connectivity index (χ0v) is 22.4. The molecule has 3 aromatic carbocycles. The minimum Gasteiger partial charge on any atom is -0.352 e. The molecule has 5 heteroatoms. The zero-order valence-electron chi connectivity index (χ0n) is 22.4. The van der Waals surface area contributed by atoms with Gasteiger partial charge in [-0.2, -0.15) is 0 Å². The van der Waals surface area contributed by atoms with Gasteiger partial charge in [0, 0.05) is 31.0 Å². The third kappa shape index (κ3) is 8.28. The maximum atomic E-state index is 14.7. The Bertz CT molecular complexity index is 1140. The Kier molecular flexibility index (Phi) is 10.4. The van der Waals surface area contributed by atoms with Crippen LogP contribution >= 0.6 is 0 Å². The highest BCUT2D eigenvalue weighted by Gasteiger charge is 2.31. The number of carbonyl (C=O) groups is 2. The van der Waals surface area contributed by atoms with E-state index in [9.17, 15) is 14.0 Å². The van der Waals surface area contributed by atoms with Gasteiger partial charge >= 0.3 is 0 Å². The minimum atomic E-state index is -0.758. The van der Waals surface area contributed by atoms with Crippen molar-refractivity contribution in [2.24, 2.45) is 0 Å². The second kappa shape index (κ2) is 13.7. The molecular weight excluding hydrogens is 463 g/mol. The second-order valence-corrected chi connectivity index (χ2v) is 10.0. The van der Waals surface area contributed by atoms with E-state index in [-0.39, 0.29) is 36.6 Å². The van der Waals surface area contributed by atoms with Gasteiger partial charge in [-0.15, -0.1) is 0 Å². The first-order valence-corrected chi connectivity index (χ1v) is 13.2. The SMILES string of the molecule is CCC(C)NC(=O)C(Cc1ccccc1)N(Cc1ccccc1F)C(=O)CCc1ccc(C(C)C)cc1. The summed E-state index contributed by atoms with van der Waals surface area (Å²) < 4.78 is 14.7. The molecule has 0 bridgehead atoms. The van der Waals surface area contributed by atoms with E-state index in [4.69, 9.17) is 0 Å². The molecule has 4 nitrogen and oxygen atoms in total. The molecule has 2 amide bonds. The molecule has 0 saturated heterocycles. The molecule has 3 rings (SSSR count). The first kappa shape index (κ1) is 28.1. The van der Waals surface area contributed by atoms with Gasteiger partial charge in [0.15, 0.2) is 0 Å². The normalized spacial score (nSPS) is 12.7. The number of hydrogen-bond donors (Lipinski definition) is 1. The van der Waals surface area contributed by atoms with E-state index in [2.05, 4.69) is 43.4 Å². The van der Waals surface area contributed by atoms with Crippen molar-refractivity contribution in [3.8, 4) is 0 Å². The van der Waals surface area contributed by atoms with Gasteiger partial charge in [0.2, 0.25) is 11.8 Å². The van der Waals surface area contributed by atoms with Gasteiger partial charge in [-0.1, -0.05) is 93.6 Å². The molecule has 0 heterocycles. The highest BCUT2D eigenvalue weighted by molar-refractivity contribution is 5.88. The maximum Gasteiger partial charge on any atom is 0.243 e. The number of rotatable bonds is 12. The number of carbonyl (C=O) groups excluding carboxylic acids is 2. The number of hydrogen-bond acceptors (Lipinski definition) is 2. The van der Waals surface area contributed by atoms with Crippen LogP contribution in [0.15, 0.2) is 78.9 Å².